The zero-order chi connectivity index (χ0) is 15.8. The third-order valence-electron chi connectivity index (χ3n) is 2.62. The van der Waals surface area contributed by atoms with E-state index in [0.29, 0.717) is 5.75 Å². The van der Waals surface area contributed by atoms with E-state index in [1.54, 1.807) is 0 Å². The summed E-state index contributed by atoms with van der Waals surface area (Å²) in [5.41, 5.74) is 0.0524. The molecule has 0 aliphatic heterocycles. The van der Waals surface area contributed by atoms with Crippen molar-refractivity contribution in [2.24, 2.45) is 0 Å². The predicted octanol–water partition coefficient (Wildman–Crippen LogP) is 0.651. The maximum absolute atomic E-state index is 11.6. The van der Waals surface area contributed by atoms with E-state index in [1.165, 1.54) is 32.4 Å². The number of urea groups is 1. The van der Waals surface area contributed by atoms with Crippen LogP contribution in [-0.4, -0.2) is 43.7 Å². The summed E-state index contributed by atoms with van der Waals surface area (Å²) in [6.07, 6.45) is 0.137. The normalized spacial score (nSPS) is 9.62. The van der Waals surface area contributed by atoms with Crippen LogP contribution >= 0.6 is 0 Å². The molecule has 21 heavy (non-hydrogen) atoms. The Morgan fingerprint density at radius 3 is 2.57 bits per heavy atom. The second-order valence-electron chi connectivity index (χ2n) is 4.02. The van der Waals surface area contributed by atoms with Crippen molar-refractivity contribution in [3.8, 4) is 5.75 Å². The second kappa shape index (κ2) is 7.73. The van der Waals surface area contributed by atoms with Gasteiger partial charge in [-0.15, -0.1) is 0 Å². The van der Waals surface area contributed by atoms with Gasteiger partial charge in [-0.25, -0.2) is 9.59 Å². The van der Waals surface area contributed by atoms with Crippen molar-refractivity contribution in [2.45, 2.75) is 6.42 Å². The quantitative estimate of drug-likeness (QED) is 0.615. The molecule has 0 unspecified atom stereocenters. The van der Waals surface area contributed by atoms with Crippen LogP contribution in [0.4, 0.5) is 10.5 Å². The van der Waals surface area contributed by atoms with Crippen LogP contribution in [0, 0.1) is 0 Å². The van der Waals surface area contributed by atoms with Gasteiger partial charge in [0.05, 0.1) is 18.4 Å². The molecule has 3 amide bonds. The lowest BCUT2D eigenvalue weighted by atomic mass is 10.1. The maximum Gasteiger partial charge on any atom is 0.337 e. The number of hydrogen-bond donors (Lipinski definition) is 4. The van der Waals surface area contributed by atoms with Crippen LogP contribution in [0.1, 0.15) is 16.8 Å². The lowest BCUT2D eigenvalue weighted by molar-refractivity contribution is -0.120. The molecule has 0 aliphatic carbocycles. The number of carboxylic acids is 1. The number of amides is 3. The van der Waals surface area contributed by atoms with E-state index in [9.17, 15) is 14.4 Å². The molecule has 0 aromatic heterocycles. The standard InChI is InChI=1S/C13H17N3O5/c1-14-11(17)5-6-15-13(20)16-10-4-3-8(21-2)7-9(10)12(18)19/h3-4,7H,5-6H2,1-2H3,(H,14,17)(H,18,19)(H2,15,16,20). The fraction of sp³-hybridized carbons (Fsp3) is 0.308. The highest BCUT2D eigenvalue weighted by Crippen LogP contribution is 2.22. The first-order chi connectivity index (χ1) is 9.97. The fourth-order valence-electron chi connectivity index (χ4n) is 1.52. The maximum atomic E-state index is 11.6. The average Bonchev–Trinajstić information content (AvgIpc) is 2.47. The minimum Gasteiger partial charge on any atom is -0.497 e. The Kier molecular flexibility index (Phi) is 5.99. The van der Waals surface area contributed by atoms with Gasteiger partial charge >= 0.3 is 12.0 Å². The molecule has 4 N–H and O–H groups in total. The Morgan fingerprint density at radius 2 is 2.00 bits per heavy atom. The topological polar surface area (TPSA) is 117 Å². The number of aromatic carboxylic acids is 1. The first kappa shape index (κ1) is 16.3. The Bertz CT molecular complexity index is 545. The number of benzene rings is 1. The van der Waals surface area contributed by atoms with E-state index in [1.807, 2.05) is 0 Å². The van der Waals surface area contributed by atoms with Gasteiger partial charge in [0.2, 0.25) is 5.91 Å². The fourth-order valence-corrected chi connectivity index (χ4v) is 1.52. The van der Waals surface area contributed by atoms with Crippen molar-refractivity contribution in [1.82, 2.24) is 10.6 Å². The Morgan fingerprint density at radius 1 is 1.29 bits per heavy atom. The van der Waals surface area contributed by atoms with Crippen LogP contribution in [-0.2, 0) is 4.79 Å². The summed E-state index contributed by atoms with van der Waals surface area (Å²) in [7, 11) is 2.92. The Balaban J connectivity index is 2.67. The number of hydrogen-bond acceptors (Lipinski definition) is 4. The molecule has 1 aromatic rings. The minimum atomic E-state index is -1.19. The molecule has 0 heterocycles. The highest BCUT2D eigenvalue weighted by atomic mass is 16.5. The lowest BCUT2D eigenvalue weighted by Crippen LogP contribution is -2.32. The Labute approximate surface area is 121 Å². The van der Waals surface area contributed by atoms with Crippen LogP contribution in [0.15, 0.2) is 18.2 Å². The smallest absolute Gasteiger partial charge is 0.337 e. The van der Waals surface area contributed by atoms with Crippen LogP contribution in [0.3, 0.4) is 0 Å². The van der Waals surface area contributed by atoms with Crippen molar-refractivity contribution in [1.29, 1.82) is 0 Å². The summed E-state index contributed by atoms with van der Waals surface area (Å²) < 4.78 is 4.93. The molecule has 0 fully saturated rings. The molecule has 114 valence electrons. The van der Waals surface area contributed by atoms with Crippen LogP contribution < -0.4 is 20.7 Å². The van der Waals surface area contributed by atoms with Crippen molar-refractivity contribution in [2.75, 3.05) is 26.0 Å². The first-order valence-corrected chi connectivity index (χ1v) is 6.14. The number of carbonyl (C=O) groups is 3. The van der Waals surface area contributed by atoms with Crippen LogP contribution in [0.2, 0.25) is 0 Å². The molecule has 0 saturated heterocycles. The molecular weight excluding hydrogens is 278 g/mol. The summed E-state index contributed by atoms with van der Waals surface area (Å²) in [6, 6.07) is 3.68. The Hall–Kier alpha value is -2.77. The monoisotopic (exact) mass is 295 g/mol. The zero-order valence-electron chi connectivity index (χ0n) is 11.7. The molecule has 0 atom stereocenters. The highest BCUT2D eigenvalue weighted by molar-refractivity contribution is 6.00. The van der Waals surface area contributed by atoms with Crippen molar-refractivity contribution < 1.29 is 24.2 Å². The summed E-state index contributed by atoms with van der Waals surface area (Å²) in [5.74, 6) is -1.02. The molecule has 1 rings (SSSR count). The van der Waals surface area contributed by atoms with Crippen molar-refractivity contribution in [3.05, 3.63) is 23.8 Å². The van der Waals surface area contributed by atoms with Gasteiger partial charge in [0.1, 0.15) is 5.75 Å². The number of ether oxygens (including phenoxy) is 1. The number of nitrogens with one attached hydrogen (secondary N) is 3. The molecule has 8 nitrogen and oxygen atoms in total. The molecule has 0 saturated carbocycles. The van der Waals surface area contributed by atoms with Crippen LogP contribution in [0.25, 0.3) is 0 Å². The third-order valence-corrected chi connectivity index (χ3v) is 2.62. The van der Waals surface area contributed by atoms with Gasteiger partial charge in [-0.2, -0.15) is 0 Å². The summed E-state index contributed by atoms with van der Waals surface area (Å²) >= 11 is 0. The first-order valence-electron chi connectivity index (χ1n) is 6.14. The highest BCUT2D eigenvalue weighted by Gasteiger charge is 2.13. The number of carbonyl (C=O) groups excluding carboxylic acids is 2. The van der Waals surface area contributed by atoms with E-state index in [0.717, 1.165) is 0 Å². The van der Waals surface area contributed by atoms with Crippen molar-refractivity contribution in [3.63, 3.8) is 0 Å². The third kappa shape index (κ3) is 5.01. The summed E-state index contributed by atoms with van der Waals surface area (Å²) in [5, 5.41) is 16.4. The zero-order valence-corrected chi connectivity index (χ0v) is 11.7. The lowest BCUT2D eigenvalue weighted by Gasteiger charge is -2.11. The summed E-state index contributed by atoms with van der Waals surface area (Å²) in [6.45, 7) is 0.143. The van der Waals surface area contributed by atoms with Crippen LogP contribution in [0.5, 0.6) is 5.75 Å². The van der Waals surface area contributed by atoms with Gasteiger partial charge in [0.25, 0.3) is 0 Å². The molecule has 8 heteroatoms. The van der Waals surface area contributed by atoms with Gasteiger partial charge in [-0.05, 0) is 18.2 Å². The molecule has 0 aliphatic rings. The van der Waals surface area contributed by atoms with E-state index in [2.05, 4.69) is 16.0 Å². The van der Waals surface area contributed by atoms with Crippen molar-refractivity contribution >= 4 is 23.6 Å². The van der Waals surface area contributed by atoms with Gasteiger partial charge in [0.15, 0.2) is 0 Å². The van der Waals surface area contributed by atoms with Gasteiger partial charge in [0, 0.05) is 20.0 Å². The largest absolute Gasteiger partial charge is 0.497 e. The molecule has 0 radical (unpaired) electrons. The molecule has 0 bridgehead atoms. The molecular formula is C13H17N3O5. The number of rotatable bonds is 6. The predicted molar refractivity (Wildman–Crippen MR) is 75.7 cm³/mol. The number of anilines is 1. The number of methoxy groups -OCH3 is 1. The van der Waals surface area contributed by atoms with E-state index >= 15 is 0 Å². The number of carboxylic acid groups (broad SMARTS) is 1. The van der Waals surface area contributed by atoms with E-state index < -0.39 is 12.0 Å². The van der Waals surface area contributed by atoms with E-state index in [4.69, 9.17) is 9.84 Å². The van der Waals surface area contributed by atoms with Gasteiger partial charge in [-0.1, -0.05) is 0 Å². The average molecular weight is 295 g/mol. The summed E-state index contributed by atoms with van der Waals surface area (Å²) in [4.78, 5) is 33.8. The molecule has 1 aromatic carbocycles. The van der Waals surface area contributed by atoms with Gasteiger partial charge in [-0.3, -0.25) is 4.79 Å². The van der Waals surface area contributed by atoms with E-state index in [-0.39, 0.29) is 30.1 Å². The molecule has 0 spiro atoms. The van der Waals surface area contributed by atoms with Gasteiger partial charge < -0.3 is 25.8 Å². The SMILES string of the molecule is CNC(=O)CCNC(=O)Nc1ccc(OC)cc1C(=O)O. The second-order valence-corrected chi connectivity index (χ2v) is 4.02. The minimum absolute atomic E-state index is 0.0872.